The first-order chi connectivity index (χ1) is 8.25. The van der Waals surface area contributed by atoms with Crippen LogP contribution < -0.4 is 5.32 Å². The van der Waals surface area contributed by atoms with Crippen molar-refractivity contribution in [3.8, 4) is 5.69 Å². The lowest BCUT2D eigenvalue weighted by atomic mass is 10.1. The van der Waals surface area contributed by atoms with Crippen molar-refractivity contribution in [2.45, 2.75) is 6.42 Å². The predicted octanol–water partition coefficient (Wildman–Crippen LogP) is 1.54. The number of aromatic nitrogens is 2. The third kappa shape index (κ3) is 1.56. The maximum absolute atomic E-state index is 11.2. The van der Waals surface area contributed by atoms with Crippen LogP contribution >= 0.6 is 0 Å². The number of benzene rings is 1. The summed E-state index contributed by atoms with van der Waals surface area (Å²) >= 11 is 0. The number of anilines is 1. The highest BCUT2D eigenvalue weighted by Gasteiger charge is 2.20. The molecule has 1 aromatic heterocycles. The highest BCUT2D eigenvalue weighted by molar-refractivity contribution is 5.96. The SMILES string of the molecule is O=C(O)c1cc(-n2ccnc2)cc2c1NCC2. The van der Waals surface area contributed by atoms with Gasteiger partial charge in [0.1, 0.15) is 0 Å². The van der Waals surface area contributed by atoms with Crippen molar-refractivity contribution < 1.29 is 9.90 Å². The predicted molar refractivity (Wildman–Crippen MR) is 62.7 cm³/mol. The van der Waals surface area contributed by atoms with Crippen LogP contribution in [0.15, 0.2) is 30.9 Å². The fourth-order valence-corrected chi connectivity index (χ4v) is 2.14. The second kappa shape index (κ2) is 3.62. The molecule has 0 spiro atoms. The smallest absolute Gasteiger partial charge is 0.337 e. The van der Waals surface area contributed by atoms with E-state index >= 15 is 0 Å². The number of hydrogen-bond donors (Lipinski definition) is 2. The normalized spacial score (nSPS) is 13.2. The van der Waals surface area contributed by atoms with Crippen LogP contribution in [0, 0.1) is 0 Å². The number of nitrogens with zero attached hydrogens (tertiary/aromatic N) is 2. The first kappa shape index (κ1) is 9.89. The number of carboxylic acid groups (broad SMARTS) is 1. The summed E-state index contributed by atoms with van der Waals surface area (Å²) < 4.78 is 1.81. The second-order valence-electron chi connectivity index (χ2n) is 3.98. The Bertz CT molecular complexity index is 576. The Hall–Kier alpha value is -2.30. The van der Waals surface area contributed by atoms with Crippen molar-refractivity contribution in [1.29, 1.82) is 0 Å². The fourth-order valence-electron chi connectivity index (χ4n) is 2.14. The molecule has 0 bridgehead atoms. The number of carbonyl (C=O) groups is 1. The molecule has 0 saturated heterocycles. The van der Waals surface area contributed by atoms with Crippen molar-refractivity contribution in [1.82, 2.24) is 9.55 Å². The molecule has 0 saturated carbocycles. The van der Waals surface area contributed by atoms with E-state index in [-0.39, 0.29) is 0 Å². The molecular weight excluding hydrogens is 218 g/mol. The first-order valence-electron chi connectivity index (χ1n) is 5.38. The molecule has 2 aromatic rings. The van der Waals surface area contributed by atoms with Crippen LogP contribution in [0.2, 0.25) is 0 Å². The molecule has 3 rings (SSSR count). The Kier molecular flexibility index (Phi) is 2.11. The summed E-state index contributed by atoms with van der Waals surface area (Å²) in [6, 6.07) is 3.67. The lowest BCUT2D eigenvalue weighted by Gasteiger charge is -2.09. The molecule has 5 nitrogen and oxygen atoms in total. The minimum Gasteiger partial charge on any atom is -0.478 e. The summed E-state index contributed by atoms with van der Waals surface area (Å²) in [6.45, 7) is 0.795. The van der Waals surface area contributed by atoms with Gasteiger partial charge < -0.3 is 15.0 Å². The van der Waals surface area contributed by atoms with Crippen LogP contribution in [-0.2, 0) is 6.42 Å². The molecule has 1 aromatic carbocycles. The Morgan fingerprint density at radius 3 is 3.06 bits per heavy atom. The van der Waals surface area contributed by atoms with Crippen molar-refractivity contribution in [3.05, 3.63) is 42.0 Å². The molecule has 5 heteroatoms. The Morgan fingerprint density at radius 2 is 2.35 bits per heavy atom. The second-order valence-corrected chi connectivity index (χ2v) is 3.98. The van der Waals surface area contributed by atoms with Crippen LogP contribution in [0.4, 0.5) is 5.69 Å². The number of carboxylic acids is 1. The van der Waals surface area contributed by atoms with Crippen molar-refractivity contribution in [2.75, 3.05) is 11.9 Å². The molecule has 0 atom stereocenters. The monoisotopic (exact) mass is 229 g/mol. The number of aromatic carboxylic acids is 1. The summed E-state index contributed by atoms with van der Waals surface area (Å²) in [4.78, 5) is 15.2. The van der Waals surface area contributed by atoms with Crippen molar-refractivity contribution >= 4 is 11.7 Å². The fraction of sp³-hybridized carbons (Fsp3) is 0.167. The Labute approximate surface area is 97.7 Å². The number of rotatable bonds is 2. The third-order valence-corrected chi connectivity index (χ3v) is 2.93. The third-order valence-electron chi connectivity index (χ3n) is 2.93. The molecule has 2 heterocycles. The summed E-state index contributed by atoms with van der Waals surface area (Å²) in [5.41, 5.74) is 2.96. The molecule has 1 aliphatic rings. The average Bonchev–Trinajstić information content (AvgIpc) is 2.98. The molecule has 2 N–H and O–H groups in total. The van der Waals surface area contributed by atoms with Gasteiger partial charge in [0, 0.05) is 24.6 Å². The van der Waals surface area contributed by atoms with Gasteiger partial charge in [-0.25, -0.2) is 9.78 Å². The minimum atomic E-state index is -0.905. The maximum atomic E-state index is 11.2. The summed E-state index contributed by atoms with van der Waals surface area (Å²) in [6.07, 6.45) is 6.00. The quantitative estimate of drug-likeness (QED) is 0.819. The van der Waals surface area contributed by atoms with Gasteiger partial charge in [0.05, 0.1) is 17.6 Å². The number of fused-ring (bicyclic) bond motifs is 1. The van der Waals surface area contributed by atoms with Gasteiger partial charge in [-0.2, -0.15) is 0 Å². The summed E-state index contributed by atoms with van der Waals surface area (Å²) in [5, 5.41) is 12.3. The molecule has 17 heavy (non-hydrogen) atoms. The van der Waals surface area contributed by atoms with Gasteiger partial charge in [-0.3, -0.25) is 0 Å². The molecule has 0 unspecified atom stereocenters. The van der Waals surface area contributed by atoms with E-state index in [1.165, 1.54) is 0 Å². The van der Waals surface area contributed by atoms with E-state index in [1.54, 1.807) is 24.8 Å². The van der Waals surface area contributed by atoms with E-state index in [2.05, 4.69) is 10.3 Å². The zero-order chi connectivity index (χ0) is 11.8. The van der Waals surface area contributed by atoms with E-state index in [1.807, 2.05) is 10.6 Å². The molecule has 0 amide bonds. The average molecular weight is 229 g/mol. The minimum absolute atomic E-state index is 0.323. The molecule has 0 fully saturated rings. The molecular formula is C12H11N3O2. The molecule has 86 valence electrons. The van der Waals surface area contributed by atoms with Crippen LogP contribution in [0.25, 0.3) is 5.69 Å². The Balaban J connectivity index is 2.20. The zero-order valence-corrected chi connectivity index (χ0v) is 9.05. The lowest BCUT2D eigenvalue weighted by molar-refractivity contribution is 0.0698. The van der Waals surface area contributed by atoms with Gasteiger partial charge in [-0.05, 0) is 24.1 Å². The van der Waals surface area contributed by atoms with Crippen LogP contribution in [-0.4, -0.2) is 27.2 Å². The standard InChI is InChI=1S/C12H11N3O2/c16-12(17)10-6-9(15-4-3-13-7-15)5-8-1-2-14-11(8)10/h3-7,14H,1-2H2,(H,16,17). The van der Waals surface area contributed by atoms with E-state index in [0.717, 1.165) is 29.9 Å². The largest absolute Gasteiger partial charge is 0.478 e. The lowest BCUT2D eigenvalue weighted by Crippen LogP contribution is -2.04. The van der Waals surface area contributed by atoms with Gasteiger partial charge >= 0.3 is 5.97 Å². The number of imidazole rings is 1. The zero-order valence-electron chi connectivity index (χ0n) is 9.05. The Morgan fingerprint density at radius 1 is 1.47 bits per heavy atom. The number of nitrogens with one attached hydrogen (secondary N) is 1. The van der Waals surface area contributed by atoms with E-state index in [4.69, 9.17) is 0 Å². The van der Waals surface area contributed by atoms with Gasteiger partial charge in [0.25, 0.3) is 0 Å². The van der Waals surface area contributed by atoms with Crippen molar-refractivity contribution in [3.63, 3.8) is 0 Å². The van der Waals surface area contributed by atoms with Gasteiger partial charge in [-0.1, -0.05) is 0 Å². The molecule has 1 aliphatic heterocycles. The van der Waals surface area contributed by atoms with E-state index in [9.17, 15) is 9.90 Å². The van der Waals surface area contributed by atoms with Crippen LogP contribution in [0.3, 0.4) is 0 Å². The van der Waals surface area contributed by atoms with Crippen LogP contribution in [0.1, 0.15) is 15.9 Å². The van der Waals surface area contributed by atoms with Gasteiger partial charge in [-0.15, -0.1) is 0 Å². The molecule has 0 aliphatic carbocycles. The van der Waals surface area contributed by atoms with Gasteiger partial charge in [0.15, 0.2) is 0 Å². The first-order valence-corrected chi connectivity index (χ1v) is 5.38. The van der Waals surface area contributed by atoms with E-state index in [0.29, 0.717) is 5.56 Å². The highest BCUT2D eigenvalue weighted by Crippen LogP contribution is 2.29. The topological polar surface area (TPSA) is 67.1 Å². The molecule has 0 radical (unpaired) electrons. The summed E-state index contributed by atoms with van der Waals surface area (Å²) in [7, 11) is 0. The van der Waals surface area contributed by atoms with Crippen LogP contribution in [0.5, 0.6) is 0 Å². The van der Waals surface area contributed by atoms with E-state index < -0.39 is 5.97 Å². The highest BCUT2D eigenvalue weighted by atomic mass is 16.4. The number of hydrogen-bond acceptors (Lipinski definition) is 3. The summed E-state index contributed by atoms with van der Waals surface area (Å²) in [5.74, 6) is -0.905. The maximum Gasteiger partial charge on any atom is 0.337 e. The van der Waals surface area contributed by atoms with Gasteiger partial charge in [0.2, 0.25) is 0 Å². The van der Waals surface area contributed by atoms with Crippen molar-refractivity contribution in [2.24, 2.45) is 0 Å².